The van der Waals surface area contributed by atoms with Gasteiger partial charge in [0.1, 0.15) is 5.76 Å². The molecule has 0 aliphatic heterocycles. The Balaban J connectivity index is 1.45. The lowest BCUT2D eigenvalue weighted by Gasteiger charge is -2.26. The van der Waals surface area contributed by atoms with E-state index in [1.165, 1.54) is 11.3 Å². The fourth-order valence-electron chi connectivity index (χ4n) is 3.11. The van der Waals surface area contributed by atoms with Gasteiger partial charge >= 0.3 is 5.97 Å². The Morgan fingerprint density at radius 3 is 2.81 bits per heavy atom. The summed E-state index contributed by atoms with van der Waals surface area (Å²) in [4.78, 5) is 29.2. The number of nitrogens with one attached hydrogen (secondary N) is 1. The molecule has 7 heteroatoms. The molecule has 0 radical (unpaired) electrons. The molecule has 1 fully saturated rings. The van der Waals surface area contributed by atoms with E-state index < -0.39 is 5.97 Å². The molecule has 0 bridgehead atoms. The van der Waals surface area contributed by atoms with E-state index >= 15 is 0 Å². The van der Waals surface area contributed by atoms with Gasteiger partial charge in [0.25, 0.3) is 5.91 Å². The first-order valence-corrected chi connectivity index (χ1v) is 9.84. The van der Waals surface area contributed by atoms with E-state index in [2.05, 4.69) is 17.2 Å². The average molecular weight is 376 g/mol. The minimum absolute atomic E-state index is 0.00503. The molecule has 0 unspecified atom stereocenters. The van der Waals surface area contributed by atoms with Crippen molar-refractivity contribution in [2.45, 2.75) is 52.0 Å². The minimum Gasteiger partial charge on any atom is -0.455 e. The number of hydrogen-bond donors (Lipinski definition) is 1. The molecule has 3 rings (SSSR count). The number of aromatic nitrogens is 1. The molecule has 0 atom stereocenters. The van der Waals surface area contributed by atoms with Crippen LogP contribution in [-0.2, 0) is 20.7 Å². The van der Waals surface area contributed by atoms with Crippen LogP contribution >= 0.6 is 11.3 Å². The maximum absolute atomic E-state index is 12.0. The molecule has 1 amide bonds. The van der Waals surface area contributed by atoms with E-state index in [0.29, 0.717) is 17.3 Å². The molecule has 1 saturated carbocycles. The van der Waals surface area contributed by atoms with E-state index in [1.807, 2.05) is 17.5 Å². The number of hydrogen-bond acceptors (Lipinski definition) is 6. The van der Waals surface area contributed by atoms with E-state index in [0.717, 1.165) is 36.5 Å². The molecule has 1 aliphatic rings. The highest BCUT2D eigenvalue weighted by Crippen LogP contribution is 2.26. The topological polar surface area (TPSA) is 81.4 Å². The fourth-order valence-corrected chi connectivity index (χ4v) is 3.75. The lowest BCUT2D eigenvalue weighted by atomic mass is 9.87. The summed E-state index contributed by atoms with van der Waals surface area (Å²) in [7, 11) is 0. The molecule has 1 N–H and O–H groups in total. The number of thiophene rings is 1. The van der Waals surface area contributed by atoms with Crippen molar-refractivity contribution in [1.29, 1.82) is 0 Å². The Morgan fingerprint density at radius 1 is 1.35 bits per heavy atom. The van der Waals surface area contributed by atoms with Crippen LogP contribution in [0.3, 0.4) is 0 Å². The standard InChI is InChI=1S/C19H24N2O4S/c1-12-5-7-14(8-6-12)20-17(22)11-24-18(23)10-15-13(2)25-19(21-15)16-4-3-9-26-16/h3-4,9,12,14H,5-8,10-11H2,1-2H3,(H,20,22). The summed E-state index contributed by atoms with van der Waals surface area (Å²) < 4.78 is 10.7. The van der Waals surface area contributed by atoms with Gasteiger partial charge in [-0.15, -0.1) is 11.3 Å². The van der Waals surface area contributed by atoms with Gasteiger partial charge in [0.05, 0.1) is 17.0 Å². The lowest BCUT2D eigenvalue weighted by molar-refractivity contribution is -0.148. The number of aryl methyl sites for hydroxylation is 1. The third-order valence-electron chi connectivity index (χ3n) is 4.68. The summed E-state index contributed by atoms with van der Waals surface area (Å²) in [5, 5.41) is 4.88. The molecule has 1 aliphatic carbocycles. The Kier molecular flexibility index (Phi) is 6.08. The summed E-state index contributed by atoms with van der Waals surface area (Å²) in [6.07, 6.45) is 4.23. The number of esters is 1. The highest BCUT2D eigenvalue weighted by molar-refractivity contribution is 7.13. The van der Waals surface area contributed by atoms with Gasteiger partial charge in [0.15, 0.2) is 6.61 Å². The third-order valence-corrected chi connectivity index (χ3v) is 5.54. The number of ether oxygens (including phenoxy) is 1. The summed E-state index contributed by atoms with van der Waals surface area (Å²) in [5.74, 6) is 1.10. The Bertz CT molecular complexity index is 746. The smallest absolute Gasteiger partial charge is 0.312 e. The van der Waals surface area contributed by atoms with Crippen LogP contribution in [0.1, 0.15) is 44.1 Å². The molecule has 6 nitrogen and oxygen atoms in total. The van der Waals surface area contributed by atoms with E-state index in [1.54, 1.807) is 6.92 Å². The van der Waals surface area contributed by atoms with Crippen LogP contribution in [0.25, 0.3) is 10.8 Å². The first-order valence-electron chi connectivity index (χ1n) is 8.96. The molecule has 26 heavy (non-hydrogen) atoms. The predicted octanol–water partition coefficient (Wildman–Crippen LogP) is 3.49. The van der Waals surface area contributed by atoms with Crippen molar-refractivity contribution >= 4 is 23.2 Å². The van der Waals surface area contributed by atoms with Gasteiger partial charge in [-0.25, -0.2) is 4.98 Å². The van der Waals surface area contributed by atoms with Gasteiger partial charge in [-0.05, 0) is 50.0 Å². The van der Waals surface area contributed by atoms with Gasteiger partial charge in [0, 0.05) is 6.04 Å². The van der Waals surface area contributed by atoms with E-state index in [9.17, 15) is 9.59 Å². The monoisotopic (exact) mass is 376 g/mol. The molecule has 0 saturated heterocycles. The highest BCUT2D eigenvalue weighted by atomic mass is 32.1. The zero-order valence-corrected chi connectivity index (χ0v) is 15.9. The van der Waals surface area contributed by atoms with Crippen LogP contribution in [0.4, 0.5) is 0 Å². The normalized spacial score (nSPS) is 19.9. The van der Waals surface area contributed by atoms with Gasteiger partial charge < -0.3 is 14.5 Å². The van der Waals surface area contributed by atoms with Gasteiger partial charge in [-0.3, -0.25) is 9.59 Å². The largest absolute Gasteiger partial charge is 0.455 e. The third kappa shape index (κ3) is 4.94. The first kappa shape index (κ1) is 18.6. The van der Waals surface area contributed by atoms with Crippen molar-refractivity contribution in [3.63, 3.8) is 0 Å². The number of carbonyl (C=O) groups excluding carboxylic acids is 2. The predicted molar refractivity (Wildman–Crippen MR) is 98.8 cm³/mol. The number of amides is 1. The fraction of sp³-hybridized carbons (Fsp3) is 0.526. The second-order valence-corrected chi connectivity index (χ2v) is 7.81. The lowest BCUT2D eigenvalue weighted by Crippen LogP contribution is -2.39. The van der Waals surface area contributed by atoms with Crippen LogP contribution in [0.15, 0.2) is 21.9 Å². The number of carbonyl (C=O) groups is 2. The summed E-state index contributed by atoms with van der Waals surface area (Å²) in [5.41, 5.74) is 0.542. The number of rotatable bonds is 6. The average Bonchev–Trinajstić information content (AvgIpc) is 3.26. The van der Waals surface area contributed by atoms with E-state index in [-0.39, 0.29) is 25.0 Å². The van der Waals surface area contributed by atoms with Gasteiger partial charge in [0.2, 0.25) is 5.89 Å². The van der Waals surface area contributed by atoms with Crippen LogP contribution in [-0.4, -0.2) is 29.5 Å². The number of nitrogens with zero attached hydrogens (tertiary/aromatic N) is 1. The van der Waals surface area contributed by atoms with Crippen LogP contribution in [0, 0.1) is 12.8 Å². The first-order chi connectivity index (χ1) is 12.5. The summed E-state index contributed by atoms with van der Waals surface area (Å²) in [6, 6.07) is 4.02. The van der Waals surface area contributed by atoms with Crippen molar-refractivity contribution in [2.75, 3.05) is 6.61 Å². The quantitative estimate of drug-likeness (QED) is 0.781. The molecule has 0 aromatic carbocycles. The molecule has 140 valence electrons. The Morgan fingerprint density at radius 2 is 2.12 bits per heavy atom. The van der Waals surface area contributed by atoms with Crippen molar-refractivity contribution in [2.24, 2.45) is 5.92 Å². The van der Waals surface area contributed by atoms with Crippen molar-refractivity contribution in [1.82, 2.24) is 10.3 Å². The summed E-state index contributed by atoms with van der Waals surface area (Å²) >= 11 is 1.52. The van der Waals surface area contributed by atoms with Crippen molar-refractivity contribution in [3.05, 3.63) is 29.0 Å². The molecular weight excluding hydrogens is 352 g/mol. The van der Waals surface area contributed by atoms with Gasteiger partial charge in [-0.2, -0.15) is 0 Å². The zero-order chi connectivity index (χ0) is 18.5. The SMILES string of the molecule is Cc1oc(-c2cccs2)nc1CC(=O)OCC(=O)NC1CCC(C)CC1. The maximum Gasteiger partial charge on any atom is 0.312 e. The Hall–Kier alpha value is -2.15. The molecule has 2 aromatic rings. The van der Waals surface area contributed by atoms with Crippen LogP contribution in [0.5, 0.6) is 0 Å². The Labute approximate surface area is 157 Å². The van der Waals surface area contributed by atoms with Crippen LogP contribution < -0.4 is 5.32 Å². The van der Waals surface area contributed by atoms with Crippen LogP contribution in [0.2, 0.25) is 0 Å². The second-order valence-electron chi connectivity index (χ2n) is 6.86. The van der Waals surface area contributed by atoms with Gasteiger partial charge in [-0.1, -0.05) is 13.0 Å². The molecule has 2 heterocycles. The second kappa shape index (κ2) is 8.49. The number of oxazole rings is 1. The molecule has 2 aromatic heterocycles. The highest BCUT2D eigenvalue weighted by Gasteiger charge is 2.21. The van der Waals surface area contributed by atoms with Crippen molar-refractivity contribution < 1.29 is 18.7 Å². The molecule has 0 spiro atoms. The van der Waals surface area contributed by atoms with E-state index in [4.69, 9.17) is 9.15 Å². The maximum atomic E-state index is 12.0. The molecular formula is C19H24N2O4S. The zero-order valence-electron chi connectivity index (χ0n) is 15.1. The summed E-state index contributed by atoms with van der Waals surface area (Å²) in [6.45, 7) is 3.75. The van der Waals surface area contributed by atoms with Crippen molar-refractivity contribution in [3.8, 4) is 10.8 Å². The minimum atomic E-state index is -0.480.